The molecule has 8 rings (SSSR count). The number of benzene rings is 6. The van der Waals surface area contributed by atoms with Crippen LogP contribution >= 0.6 is 0 Å². The molecule has 0 aromatic heterocycles. The van der Waals surface area contributed by atoms with Crippen molar-refractivity contribution in [3.8, 4) is 0 Å². The monoisotopic (exact) mass is 965 g/mol. The van der Waals surface area contributed by atoms with Crippen molar-refractivity contribution in [3.63, 3.8) is 0 Å². The minimum absolute atomic E-state index is 0.0137. The van der Waals surface area contributed by atoms with E-state index in [2.05, 4.69) is 10.0 Å². The van der Waals surface area contributed by atoms with Crippen molar-refractivity contribution in [2.45, 2.75) is 107 Å². The lowest BCUT2D eigenvalue weighted by molar-refractivity contribution is -0.375. The lowest BCUT2D eigenvalue weighted by Crippen LogP contribution is -2.66. The van der Waals surface area contributed by atoms with E-state index in [9.17, 15) is 5.11 Å². The first-order chi connectivity index (χ1) is 35.1. The highest BCUT2D eigenvalue weighted by molar-refractivity contribution is 5.18. The smallest absolute Gasteiger partial charge is 0.187 e. The molecule has 14 heteroatoms. The van der Waals surface area contributed by atoms with Gasteiger partial charge in [-0.3, -0.25) is 0 Å². The molecule has 372 valence electrons. The molecule has 0 saturated carbocycles. The Bertz CT molecular complexity index is 2430. The Morgan fingerprint density at radius 2 is 0.789 bits per heavy atom. The van der Waals surface area contributed by atoms with Crippen molar-refractivity contribution < 1.29 is 52.5 Å². The van der Waals surface area contributed by atoms with Gasteiger partial charge in [-0.05, 0) is 45.3 Å². The van der Waals surface area contributed by atoms with Crippen LogP contribution in [0.15, 0.2) is 187 Å². The first kappa shape index (κ1) is 51.5. The predicted molar refractivity (Wildman–Crippen MR) is 265 cm³/mol. The highest BCUT2D eigenvalue weighted by atomic mass is 16.8. The molecule has 0 amide bonds. The van der Waals surface area contributed by atoms with Gasteiger partial charge in [0.1, 0.15) is 48.8 Å². The topological polar surface area (TPSA) is 161 Å². The molecule has 2 fully saturated rings. The fraction of sp³-hybridized carbons (Fsp3) is 0.368. The summed E-state index contributed by atoms with van der Waals surface area (Å²) < 4.78 is 67.8. The molecule has 71 heavy (non-hydrogen) atoms. The van der Waals surface area contributed by atoms with Crippen LogP contribution in [0.5, 0.6) is 0 Å². The van der Waals surface area contributed by atoms with Gasteiger partial charge in [0.25, 0.3) is 0 Å². The fourth-order valence-corrected chi connectivity index (χ4v) is 8.52. The van der Waals surface area contributed by atoms with Crippen LogP contribution in [-0.4, -0.2) is 92.9 Å². The van der Waals surface area contributed by atoms with Crippen LogP contribution in [-0.2, 0) is 87.0 Å². The van der Waals surface area contributed by atoms with E-state index >= 15 is 0 Å². The summed E-state index contributed by atoms with van der Waals surface area (Å²) in [6.07, 6.45) is -9.31. The van der Waals surface area contributed by atoms with E-state index in [1.807, 2.05) is 182 Å². The number of hydrogen-bond acceptors (Lipinski definition) is 12. The van der Waals surface area contributed by atoms with E-state index in [-0.39, 0.29) is 52.8 Å². The molecule has 0 aliphatic carbocycles. The molecule has 2 aliphatic rings. The maximum absolute atomic E-state index is 12.3. The van der Waals surface area contributed by atoms with Crippen LogP contribution in [0.25, 0.3) is 10.4 Å². The highest BCUT2D eigenvalue weighted by Crippen LogP contribution is 2.36. The molecule has 6 aromatic carbocycles. The maximum atomic E-state index is 12.3. The zero-order valence-corrected chi connectivity index (χ0v) is 39.7. The van der Waals surface area contributed by atoms with Crippen LogP contribution in [0.2, 0.25) is 0 Å². The summed E-state index contributed by atoms with van der Waals surface area (Å²) in [5.41, 5.74) is 14.6. The van der Waals surface area contributed by atoms with Crippen LogP contribution in [0.4, 0.5) is 0 Å². The summed E-state index contributed by atoms with van der Waals surface area (Å²) >= 11 is 0. The van der Waals surface area contributed by atoms with Gasteiger partial charge in [0, 0.05) is 18.1 Å². The van der Waals surface area contributed by atoms with Gasteiger partial charge >= 0.3 is 0 Å². The van der Waals surface area contributed by atoms with Crippen molar-refractivity contribution in [2.75, 3.05) is 26.4 Å². The lowest BCUT2D eigenvalue weighted by Gasteiger charge is -2.49. The maximum Gasteiger partial charge on any atom is 0.187 e. The zero-order chi connectivity index (χ0) is 48.7. The molecule has 14 nitrogen and oxygen atoms in total. The van der Waals surface area contributed by atoms with Crippen molar-refractivity contribution in [1.29, 1.82) is 0 Å². The van der Waals surface area contributed by atoms with Gasteiger partial charge in [-0.25, -0.2) is 0 Å². The Labute approximate surface area is 415 Å². The summed E-state index contributed by atoms with van der Waals surface area (Å²) in [6.45, 7) is 1.82. The summed E-state index contributed by atoms with van der Waals surface area (Å²) in [6, 6.07) is 58.9. The molecule has 0 unspecified atom stereocenters. The first-order valence-corrected chi connectivity index (χ1v) is 24.2. The van der Waals surface area contributed by atoms with E-state index in [0.717, 1.165) is 33.4 Å². The van der Waals surface area contributed by atoms with E-state index in [4.69, 9.17) is 52.9 Å². The fourth-order valence-electron chi connectivity index (χ4n) is 8.52. The zero-order valence-electron chi connectivity index (χ0n) is 39.7. The van der Waals surface area contributed by atoms with E-state index < -0.39 is 61.4 Å². The molecule has 1 N–H and O–H groups in total. The second-order valence-corrected chi connectivity index (χ2v) is 17.4. The van der Waals surface area contributed by atoms with E-state index in [1.54, 1.807) is 0 Å². The molecule has 2 aliphatic heterocycles. The molecule has 0 spiro atoms. The van der Waals surface area contributed by atoms with Gasteiger partial charge < -0.3 is 52.5 Å². The summed E-state index contributed by atoms with van der Waals surface area (Å²) in [5, 5.41) is 16.0. The van der Waals surface area contributed by atoms with Crippen molar-refractivity contribution in [2.24, 2.45) is 5.11 Å². The average molecular weight is 966 g/mol. The number of ether oxygens (including phenoxy) is 10. The third kappa shape index (κ3) is 15.8. The molecule has 2 heterocycles. The summed E-state index contributed by atoms with van der Waals surface area (Å²) in [4.78, 5) is 2.91. The summed E-state index contributed by atoms with van der Waals surface area (Å²) in [5.74, 6) is 0. The molecule has 2 saturated heterocycles. The van der Waals surface area contributed by atoms with Crippen LogP contribution in [0, 0.1) is 0 Å². The lowest BCUT2D eigenvalue weighted by atomic mass is 9.96. The molecule has 0 bridgehead atoms. The van der Waals surface area contributed by atoms with Crippen LogP contribution < -0.4 is 0 Å². The Hall–Kier alpha value is -5.81. The molecule has 6 aromatic rings. The second-order valence-electron chi connectivity index (χ2n) is 17.4. The number of rotatable bonds is 27. The second kappa shape index (κ2) is 28.3. The van der Waals surface area contributed by atoms with Crippen molar-refractivity contribution in [3.05, 3.63) is 226 Å². The summed E-state index contributed by atoms with van der Waals surface area (Å²) in [7, 11) is 0. The largest absolute Gasteiger partial charge is 0.387 e. The standard InChI is InChI=1S/C57H63N3O11/c58-60-59-32-19-33-64-56-55(68-39-47-30-17-6-18-31-47)53(66-37-45-26-13-4-14-27-45)51(49(70-56)41-63-35-43-22-9-2-10-23-43)71-57-54(67-38-46-28-15-5-16-29-46)52(65-36-44-24-11-3-12-25-44)50(61)48(69-57)40-62-34-42-20-7-1-8-21-42/h1-18,20-31,48-57,61H,19,32-41H2/t48-,49-,50+,51-,52+,53+,54-,55-,56-,57+/m1/s1. The molecular formula is C57H63N3O11. The predicted octanol–water partition coefficient (Wildman–Crippen LogP) is 9.67. The Balaban J connectivity index is 1.17. The molecule has 10 atom stereocenters. The van der Waals surface area contributed by atoms with Gasteiger partial charge in [0.15, 0.2) is 12.6 Å². The molecule has 0 radical (unpaired) electrons. The van der Waals surface area contributed by atoms with E-state index in [0.29, 0.717) is 19.6 Å². The van der Waals surface area contributed by atoms with Crippen LogP contribution in [0.3, 0.4) is 0 Å². The number of hydrogen-bond donors (Lipinski definition) is 1. The Morgan fingerprint density at radius 3 is 1.23 bits per heavy atom. The van der Waals surface area contributed by atoms with Gasteiger partial charge in [-0.1, -0.05) is 187 Å². The quantitative estimate of drug-likeness (QED) is 0.0227. The number of nitrogens with zero attached hydrogens (tertiary/aromatic N) is 3. The van der Waals surface area contributed by atoms with Gasteiger partial charge in [-0.15, -0.1) is 0 Å². The minimum Gasteiger partial charge on any atom is -0.387 e. The number of azide groups is 1. The Kier molecular flexibility index (Phi) is 20.5. The highest BCUT2D eigenvalue weighted by Gasteiger charge is 2.54. The van der Waals surface area contributed by atoms with Gasteiger partial charge in [-0.2, -0.15) is 0 Å². The van der Waals surface area contributed by atoms with Crippen molar-refractivity contribution >= 4 is 0 Å². The SMILES string of the molecule is [N-]=[N+]=NCCCO[C@@H]1O[C@H](COCc2ccccc2)[C@@H](O[C@@H]2O[C@H](COCc3ccccc3)[C@H](O)[C@H](OCc3ccccc3)[C@H]2OCc2ccccc2)[C@H](OCc2ccccc2)[C@H]1OCc1ccccc1. The average Bonchev–Trinajstić information content (AvgIpc) is 3.42. The van der Waals surface area contributed by atoms with E-state index in [1.165, 1.54) is 0 Å². The normalized spacial score (nSPS) is 24.2. The number of aliphatic hydroxyl groups excluding tert-OH is 1. The third-order valence-electron chi connectivity index (χ3n) is 12.2. The minimum atomic E-state index is -1.20. The number of aliphatic hydroxyl groups is 1. The van der Waals surface area contributed by atoms with Gasteiger partial charge in [0.2, 0.25) is 0 Å². The van der Waals surface area contributed by atoms with Crippen molar-refractivity contribution in [1.82, 2.24) is 0 Å². The van der Waals surface area contributed by atoms with Gasteiger partial charge in [0.05, 0.1) is 52.9 Å². The molecular weight excluding hydrogens is 903 g/mol. The first-order valence-electron chi connectivity index (χ1n) is 24.2. The van der Waals surface area contributed by atoms with Crippen LogP contribution in [0.1, 0.15) is 39.8 Å². The third-order valence-corrected chi connectivity index (χ3v) is 12.2. The Morgan fingerprint density at radius 1 is 0.423 bits per heavy atom.